The number of rotatable bonds is 1. The van der Waals surface area contributed by atoms with Gasteiger partial charge in [-0.15, -0.1) is 0 Å². The first-order valence-corrected chi connectivity index (χ1v) is 6.70. The normalized spacial score (nSPS) is 34.9. The smallest absolute Gasteiger partial charge is 0.158 e. The van der Waals surface area contributed by atoms with Gasteiger partial charge in [-0.2, -0.15) is 0 Å². The number of hydrogen-bond acceptors (Lipinski definition) is 2. The van der Waals surface area contributed by atoms with Gasteiger partial charge in [0.1, 0.15) is 0 Å². The number of carbonyl (C=O) groups excluding carboxylic acids is 1. The monoisotopic (exact) mass is 236 g/mol. The largest absolute Gasteiger partial charge is 0.390 e. The van der Waals surface area contributed by atoms with E-state index in [0.717, 1.165) is 31.3 Å². The predicted octanol–water partition coefficient (Wildman–Crippen LogP) is 3.24. The molecular weight excluding hydrogens is 212 g/mol. The van der Waals surface area contributed by atoms with E-state index in [1.54, 1.807) is 0 Å². The number of ketones is 1. The Morgan fingerprint density at radius 2 is 2.00 bits per heavy atom. The summed E-state index contributed by atoms with van der Waals surface area (Å²) in [5.74, 6) is 0.611. The number of allylic oxidation sites excluding steroid dienone is 2. The molecule has 2 aliphatic carbocycles. The Bertz CT molecular complexity index is 373. The van der Waals surface area contributed by atoms with E-state index in [1.807, 2.05) is 20.8 Å². The quantitative estimate of drug-likeness (QED) is 0.759. The second-order valence-corrected chi connectivity index (χ2v) is 6.68. The molecule has 1 fully saturated rings. The molecule has 0 aromatic carbocycles. The number of hydrogen-bond donors (Lipinski definition) is 1. The van der Waals surface area contributed by atoms with Crippen molar-refractivity contribution in [2.45, 2.75) is 65.4 Å². The van der Waals surface area contributed by atoms with E-state index < -0.39 is 5.60 Å². The van der Waals surface area contributed by atoms with Gasteiger partial charge in [-0.25, -0.2) is 0 Å². The summed E-state index contributed by atoms with van der Waals surface area (Å²) in [6.45, 7) is 8.04. The number of fused-ring (bicyclic) bond motifs is 1. The fraction of sp³-hybridized carbons (Fsp3) is 0.800. The van der Waals surface area contributed by atoms with Gasteiger partial charge in [0.15, 0.2) is 5.78 Å². The van der Waals surface area contributed by atoms with Gasteiger partial charge in [0.2, 0.25) is 0 Å². The third-order valence-corrected chi connectivity index (χ3v) is 5.00. The fourth-order valence-corrected chi connectivity index (χ4v) is 3.47. The number of aliphatic hydroxyl groups is 1. The maximum absolute atomic E-state index is 11.8. The van der Waals surface area contributed by atoms with Crippen LogP contribution in [-0.4, -0.2) is 16.5 Å². The molecule has 17 heavy (non-hydrogen) atoms. The van der Waals surface area contributed by atoms with Crippen LogP contribution < -0.4 is 0 Å². The Balaban J connectivity index is 2.33. The SMILES string of the molecule is CC1=C2CC(C(C)(C)O)CCC2(C)CCC1=O. The van der Waals surface area contributed by atoms with Gasteiger partial charge in [0.25, 0.3) is 0 Å². The summed E-state index contributed by atoms with van der Waals surface area (Å²) in [5.41, 5.74) is 1.90. The van der Waals surface area contributed by atoms with E-state index in [-0.39, 0.29) is 5.41 Å². The van der Waals surface area contributed by atoms with Crippen LogP contribution in [0.3, 0.4) is 0 Å². The Kier molecular flexibility index (Phi) is 2.97. The molecule has 2 nitrogen and oxygen atoms in total. The predicted molar refractivity (Wildman–Crippen MR) is 68.7 cm³/mol. The van der Waals surface area contributed by atoms with Crippen LogP contribution in [0.5, 0.6) is 0 Å². The van der Waals surface area contributed by atoms with Crippen molar-refractivity contribution < 1.29 is 9.90 Å². The lowest BCUT2D eigenvalue weighted by atomic mass is 9.59. The van der Waals surface area contributed by atoms with Gasteiger partial charge < -0.3 is 5.11 Å². The average molecular weight is 236 g/mol. The van der Waals surface area contributed by atoms with Crippen molar-refractivity contribution in [1.82, 2.24) is 0 Å². The minimum atomic E-state index is -0.630. The molecule has 0 radical (unpaired) electrons. The van der Waals surface area contributed by atoms with Crippen molar-refractivity contribution in [3.05, 3.63) is 11.1 Å². The maximum Gasteiger partial charge on any atom is 0.158 e. The highest BCUT2D eigenvalue weighted by molar-refractivity contribution is 5.96. The van der Waals surface area contributed by atoms with Gasteiger partial charge in [0, 0.05) is 6.42 Å². The van der Waals surface area contributed by atoms with Gasteiger partial charge in [0.05, 0.1) is 5.60 Å². The van der Waals surface area contributed by atoms with Crippen molar-refractivity contribution in [2.24, 2.45) is 11.3 Å². The molecule has 2 heteroatoms. The molecule has 0 amide bonds. The summed E-state index contributed by atoms with van der Waals surface area (Å²) in [7, 11) is 0. The highest BCUT2D eigenvalue weighted by Gasteiger charge is 2.43. The molecule has 0 aromatic heterocycles. The zero-order valence-electron chi connectivity index (χ0n) is 11.5. The van der Waals surface area contributed by atoms with Gasteiger partial charge in [-0.3, -0.25) is 4.79 Å². The zero-order chi connectivity index (χ0) is 12.8. The van der Waals surface area contributed by atoms with E-state index >= 15 is 0 Å². The molecular formula is C15H24O2. The lowest BCUT2D eigenvalue weighted by molar-refractivity contribution is -0.117. The van der Waals surface area contributed by atoms with Crippen molar-refractivity contribution >= 4 is 5.78 Å². The second-order valence-electron chi connectivity index (χ2n) is 6.68. The summed E-state index contributed by atoms with van der Waals surface area (Å²) >= 11 is 0. The van der Waals surface area contributed by atoms with E-state index in [1.165, 1.54) is 5.57 Å². The maximum atomic E-state index is 11.8. The van der Waals surface area contributed by atoms with Crippen LogP contribution in [0.1, 0.15) is 59.8 Å². The average Bonchev–Trinajstić information content (AvgIpc) is 2.22. The standard InChI is InChI=1S/C15H24O2/c1-10-12-9-11(14(2,3)17)5-7-15(12,4)8-6-13(10)16/h11,17H,5-9H2,1-4H3. The van der Waals surface area contributed by atoms with Gasteiger partial charge >= 0.3 is 0 Å². The van der Waals surface area contributed by atoms with Crippen molar-refractivity contribution in [3.8, 4) is 0 Å². The molecule has 0 heterocycles. The molecule has 2 atom stereocenters. The van der Waals surface area contributed by atoms with E-state index in [9.17, 15) is 9.90 Å². The summed E-state index contributed by atoms with van der Waals surface area (Å²) in [4.78, 5) is 11.8. The van der Waals surface area contributed by atoms with Crippen LogP contribution in [0.2, 0.25) is 0 Å². The Morgan fingerprint density at radius 3 is 2.59 bits per heavy atom. The third kappa shape index (κ3) is 2.20. The van der Waals surface area contributed by atoms with Crippen molar-refractivity contribution in [1.29, 1.82) is 0 Å². The van der Waals surface area contributed by atoms with Crippen LogP contribution in [0.4, 0.5) is 0 Å². The first kappa shape index (κ1) is 12.8. The lowest BCUT2D eigenvalue weighted by Crippen LogP contribution is -2.40. The third-order valence-electron chi connectivity index (χ3n) is 5.00. The molecule has 1 saturated carbocycles. The van der Waals surface area contributed by atoms with E-state index in [0.29, 0.717) is 18.1 Å². The summed E-state index contributed by atoms with van der Waals surface area (Å²) < 4.78 is 0. The van der Waals surface area contributed by atoms with E-state index in [4.69, 9.17) is 0 Å². The molecule has 2 rings (SSSR count). The molecule has 0 saturated heterocycles. The first-order valence-electron chi connectivity index (χ1n) is 6.70. The number of carbonyl (C=O) groups is 1. The highest BCUT2D eigenvalue weighted by Crippen LogP contribution is 2.51. The lowest BCUT2D eigenvalue weighted by Gasteiger charge is -2.46. The van der Waals surface area contributed by atoms with Crippen LogP contribution in [0, 0.1) is 11.3 Å². The minimum Gasteiger partial charge on any atom is -0.390 e. The Labute approximate surface area is 104 Å². The molecule has 96 valence electrons. The van der Waals surface area contributed by atoms with Crippen LogP contribution in [-0.2, 0) is 4.79 Å². The van der Waals surface area contributed by atoms with Crippen molar-refractivity contribution in [3.63, 3.8) is 0 Å². The van der Waals surface area contributed by atoms with Gasteiger partial charge in [-0.1, -0.05) is 12.5 Å². The summed E-state index contributed by atoms with van der Waals surface area (Å²) in [6.07, 6.45) is 4.79. The molecule has 2 aliphatic rings. The van der Waals surface area contributed by atoms with Crippen LogP contribution in [0.25, 0.3) is 0 Å². The second kappa shape index (κ2) is 3.94. The molecule has 0 spiro atoms. The molecule has 1 N–H and O–H groups in total. The summed E-state index contributed by atoms with van der Waals surface area (Å²) in [5, 5.41) is 10.2. The molecule has 0 aromatic rings. The summed E-state index contributed by atoms with van der Waals surface area (Å²) in [6, 6.07) is 0. The fourth-order valence-electron chi connectivity index (χ4n) is 3.47. The van der Waals surface area contributed by atoms with Gasteiger partial charge in [-0.05, 0) is 63.4 Å². The topological polar surface area (TPSA) is 37.3 Å². The molecule has 0 bridgehead atoms. The molecule has 2 unspecified atom stereocenters. The highest BCUT2D eigenvalue weighted by atomic mass is 16.3. The first-order chi connectivity index (χ1) is 7.74. The van der Waals surface area contributed by atoms with E-state index in [2.05, 4.69) is 6.92 Å². The Morgan fingerprint density at radius 1 is 1.35 bits per heavy atom. The molecule has 0 aliphatic heterocycles. The van der Waals surface area contributed by atoms with Crippen LogP contribution >= 0.6 is 0 Å². The Hall–Kier alpha value is -0.630. The zero-order valence-corrected chi connectivity index (χ0v) is 11.5. The number of Topliss-reactive ketones (excluding diaryl/α,β-unsaturated/α-hetero) is 1. The minimum absolute atomic E-state index is 0.222. The van der Waals surface area contributed by atoms with Crippen LogP contribution in [0.15, 0.2) is 11.1 Å². The van der Waals surface area contributed by atoms with Crippen molar-refractivity contribution in [2.75, 3.05) is 0 Å².